The summed E-state index contributed by atoms with van der Waals surface area (Å²) >= 11 is 1.63. The Balaban J connectivity index is 1.72. The lowest BCUT2D eigenvalue weighted by atomic mass is 9.73. The molecule has 1 heterocycles. The smallest absolute Gasteiger partial charge is 0.332 e. The van der Waals surface area contributed by atoms with E-state index in [1.54, 1.807) is 23.8 Å². The van der Waals surface area contributed by atoms with Crippen molar-refractivity contribution in [3.8, 4) is 5.75 Å². The van der Waals surface area contributed by atoms with E-state index in [0.717, 1.165) is 35.6 Å². The molecule has 6 nitrogen and oxygen atoms in total. The molecule has 0 N–H and O–H groups in total. The van der Waals surface area contributed by atoms with Gasteiger partial charge in [-0.15, -0.1) is 11.8 Å². The van der Waals surface area contributed by atoms with E-state index in [0.29, 0.717) is 19.8 Å². The number of rotatable bonds is 11. The highest BCUT2D eigenvalue weighted by molar-refractivity contribution is 8.00. The molecule has 1 fully saturated rings. The van der Waals surface area contributed by atoms with E-state index in [9.17, 15) is 9.59 Å². The van der Waals surface area contributed by atoms with Crippen LogP contribution >= 0.6 is 11.8 Å². The molecule has 1 unspecified atom stereocenters. The highest BCUT2D eigenvalue weighted by atomic mass is 32.2. The Morgan fingerprint density at radius 1 is 1.06 bits per heavy atom. The molecule has 0 aromatic heterocycles. The quantitative estimate of drug-likeness (QED) is 0.318. The van der Waals surface area contributed by atoms with Crippen LogP contribution in [0.4, 0.5) is 10.5 Å². The second kappa shape index (κ2) is 11.6. The molecular formula is C26H34N2O4S. The van der Waals surface area contributed by atoms with Gasteiger partial charge >= 0.3 is 6.03 Å². The van der Waals surface area contributed by atoms with Gasteiger partial charge in [0, 0.05) is 25.1 Å². The Labute approximate surface area is 201 Å². The zero-order chi connectivity index (χ0) is 23.8. The fourth-order valence-corrected chi connectivity index (χ4v) is 5.79. The number of carbonyl (C=O) groups is 2. The van der Waals surface area contributed by atoms with E-state index < -0.39 is 5.41 Å². The molecule has 0 spiro atoms. The predicted octanol–water partition coefficient (Wildman–Crippen LogP) is 5.57. The van der Waals surface area contributed by atoms with Crippen molar-refractivity contribution in [2.24, 2.45) is 5.41 Å². The molecule has 7 heteroatoms. The van der Waals surface area contributed by atoms with Crippen LogP contribution in [0.2, 0.25) is 0 Å². The summed E-state index contributed by atoms with van der Waals surface area (Å²) in [6.07, 6.45) is 1.44. The molecule has 1 aliphatic heterocycles. The Bertz CT molecular complexity index is 916. The molecule has 2 aromatic rings. The summed E-state index contributed by atoms with van der Waals surface area (Å²) in [6.45, 7) is 7.51. The normalized spacial score (nSPS) is 16.9. The number of nitrogens with zero attached hydrogens (tertiary/aromatic N) is 2. The lowest BCUT2D eigenvalue weighted by Gasteiger charge is -2.54. The first kappa shape index (κ1) is 25.1. The number of amides is 3. The first-order valence-corrected chi connectivity index (χ1v) is 12.6. The summed E-state index contributed by atoms with van der Waals surface area (Å²) < 4.78 is 11.0. The van der Waals surface area contributed by atoms with Crippen LogP contribution in [0, 0.1) is 5.41 Å². The molecule has 3 amide bonds. The molecule has 2 aromatic carbocycles. The van der Waals surface area contributed by atoms with E-state index in [2.05, 4.69) is 0 Å². The number of imide groups is 1. The number of ether oxygens (including phenoxy) is 2. The number of urea groups is 1. The van der Waals surface area contributed by atoms with E-state index in [1.807, 2.05) is 75.4 Å². The maximum atomic E-state index is 13.5. The monoisotopic (exact) mass is 470 g/mol. The lowest BCUT2D eigenvalue weighted by Crippen LogP contribution is -2.71. The van der Waals surface area contributed by atoms with Crippen LogP contribution in [0.1, 0.15) is 39.2 Å². The summed E-state index contributed by atoms with van der Waals surface area (Å²) in [5, 5.41) is -0.176. The average Bonchev–Trinajstić information content (AvgIpc) is 2.85. The number of β-lactam (4-membered cyclic amide) rings is 1. The van der Waals surface area contributed by atoms with Gasteiger partial charge in [0.1, 0.15) is 17.7 Å². The number of benzene rings is 2. The van der Waals surface area contributed by atoms with Crippen LogP contribution in [0.25, 0.3) is 0 Å². The van der Waals surface area contributed by atoms with Gasteiger partial charge in [-0.2, -0.15) is 0 Å². The van der Waals surface area contributed by atoms with E-state index >= 15 is 0 Å². The predicted molar refractivity (Wildman–Crippen MR) is 134 cm³/mol. The highest BCUT2D eigenvalue weighted by Crippen LogP contribution is 2.50. The molecule has 1 saturated heterocycles. The SMILES string of the molecule is CCN(C(=O)N1C(=O)C(CC)(CC)C1SCCOC)c1ccc(OCc2ccccc2)cc1. The van der Waals surface area contributed by atoms with Gasteiger partial charge in [0.2, 0.25) is 5.91 Å². The standard InChI is InChI=1S/C26H34N2O4S/c1-5-26(6-2)23(29)28(24(26)33-18-17-31-4)25(30)27(7-3)21-13-15-22(16-14-21)32-19-20-11-9-8-10-12-20/h8-16,24H,5-7,17-19H2,1-4H3. The average molecular weight is 471 g/mol. The first-order valence-electron chi connectivity index (χ1n) is 11.5. The molecule has 0 radical (unpaired) electrons. The van der Waals surface area contributed by atoms with Crippen molar-refractivity contribution in [3.05, 3.63) is 60.2 Å². The van der Waals surface area contributed by atoms with E-state index in [1.165, 1.54) is 4.90 Å². The minimum Gasteiger partial charge on any atom is -0.489 e. The fourth-order valence-electron chi connectivity index (χ4n) is 4.22. The largest absolute Gasteiger partial charge is 0.489 e. The minimum absolute atomic E-state index is 0.0753. The summed E-state index contributed by atoms with van der Waals surface area (Å²) in [5.41, 5.74) is 1.35. The zero-order valence-electron chi connectivity index (χ0n) is 20.0. The van der Waals surface area contributed by atoms with Crippen molar-refractivity contribution in [1.82, 2.24) is 4.90 Å². The maximum Gasteiger partial charge on any atom is 0.332 e. The summed E-state index contributed by atoms with van der Waals surface area (Å²) in [5.74, 6) is 1.39. The number of methoxy groups -OCH3 is 1. The van der Waals surface area contributed by atoms with Gasteiger partial charge in [-0.3, -0.25) is 9.69 Å². The maximum absolute atomic E-state index is 13.5. The minimum atomic E-state index is -0.484. The number of hydrogen-bond acceptors (Lipinski definition) is 5. The van der Waals surface area contributed by atoms with Crippen LogP contribution in [0.3, 0.4) is 0 Å². The molecule has 3 rings (SSSR count). The third-order valence-electron chi connectivity index (χ3n) is 6.33. The van der Waals surface area contributed by atoms with Gasteiger partial charge in [-0.25, -0.2) is 9.69 Å². The first-order chi connectivity index (χ1) is 16.0. The van der Waals surface area contributed by atoms with E-state index in [-0.39, 0.29) is 17.3 Å². The topological polar surface area (TPSA) is 59.1 Å². The van der Waals surface area contributed by atoms with Crippen LogP contribution in [0.5, 0.6) is 5.75 Å². The van der Waals surface area contributed by atoms with E-state index in [4.69, 9.17) is 9.47 Å². The van der Waals surface area contributed by atoms with Crippen molar-refractivity contribution in [3.63, 3.8) is 0 Å². The third-order valence-corrected chi connectivity index (χ3v) is 7.71. The molecular weight excluding hydrogens is 436 g/mol. The summed E-state index contributed by atoms with van der Waals surface area (Å²) in [7, 11) is 1.66. The van der Waals surface area contributed by atoms with Gasteiger partial charge in [0.25, 0.3) is 0 Å². The van der Waals surface area contributed by atoms with Crippen molar-refractivity contribution >= 4 is 29.4 Å². The fraction of sp³-hybridized carbons (Fsp3) is 0.462. The Morgan fingerprint density at radius 3 is 2.30 bits per heavy atom. The number of anilines is 1. The van der Waals surface area contributed by atoms with Crippen molar-refractivity contribution < 1.29 is 19.1 Å². The van der Waals surface area contributed by atoms with Crippen molar-refractivity contribution in [1.29, 1.82) is 0 Å². The zero-order valence-corrected chi connectivity index (χ0v) is 20.8. The van der Waals surface area contributed by atoms with Gasteiger partial charge in [-0.05, 0) is 49.6 Å². The second-order valence-electron chi connectivity index (χ2n) is 8.05. The third kappa shape index (κ3) is 5.20. The second-order valence-corrected chi connectivity index (χ2v) is 9.24. The number of hydrogen-bond donors (Lipinski definition) is 0. The highest BCUT2D eigenvalue weighted by Gasteiger charge is 2.61. The molecule has 178 valence electrons. The molecule has 1 atom stereocenters. The molecule has 0 bridgehead atoms. The van der Waals surface area contributed by atoms with Gasteiger partial charge in [-0.1, -0.05) is 44.2 Å². The molecule has 1 aliphatic rings. The molecule has 0 aliphatic carbocycles. The van der Waals surface area contributed by atoms with Crippen molar-refractivity contribution in [2.45, 2.75) is 45.6 Å². The Morgan fingerprint density at radius 2 is 1.73 bits per heavy atom. The van der Waals surface area contributed by atoms with Gasteiger partial charge in [0.15, 0.2) is 0 Å². The van der Waals surface area contributed by atoms with Gasteiger partial charge < -0.3 is 9.47 Å². The molecule has 33 heavy (non-hydrogen) atoms. The number of carbonyl (C=O) groups excluding carboxylic acids is 2. The lowest BCUT2D eigenvalue weighted by molar-refractivity contribution is -0.158. The van der Waals surface area contributed by atoms with Crippen LogP contribution in [0.15, 0.2) is 54.6 Å². The van der Waals surface area contributed by atoms with Crippen LogP contribution in [-0.4, -0.2) is 48.2 Å². The Hall–Kier alpha value is -2.51. The summed E-state index contributed by atoms with van der Waals surface area (Å²) in [6, 6.07) is 17.2. The van der Waals surface area contributed by atoms with Crippen LogP contribution in [-0.2, 0) is 16.1 Å². The molecule has 0 saturated carbocycles. The summed E-state index contributed by atoms with van der Waals surface area (Å²) in [4.78, 5) is 29.7. The Kier molecular flexibility index (Phi) is 8.80. The van der Waals surface area contributed by atoms with Gasteiger partial charge in [0.05, 0.1) is 12.0 Å². The van der Waals surface area contributed by atoms with Crippen LogP contribution < -0.4 is 9.64 Å². The number of thioether (sulfide) groups is 1. The van der Waals surface area contributed by atoms with Crippen molar-refractivity contribution in [2.75, 3.05) is 30.9 Å². The number of likely N-dealkylation sites (tertiary alicyclic amines) is 1.